The van der Waals surface area contributed by atoms with Crippen molar-refractivity contribution in [2.45, 2.75) is 38.1 Å². The lowest BCUT2D eigenvalue weighted by atomic mass is 9.54. The summed E-state index contributed by atoms with van der Waals surface area (Å²) in [6.07, 6.45) is 9.17. The molecule has 1 heterocycles. The number of hydrogen-bond acceptors (Lipinski definition) is 3. The molecule has 5 rings (SSSR count). The van der Waals surface area contributed by atoms with Crippen LogP contribution in [0.3, 0.4) is 0 Å². The summed E-state index contributed by atoms with van der Waals surface area (Å²) in [5, 5.41) is 0. The Kier molecular flexibility index (Phi) is 3.68. The second-order valence-electron chi connectivity index (χ2n) is 6.44. The molecule has 4 fully saturated rings. The van der Waals surface area contributed by atoms with Crippen LogP contribution >= 0.6 is 12.4 Å². The lowest BCUT2D eigenvalue weighted by molar-refractivity contribution is -0.0110. The number of hydrazine groups is 1. The highest BCUT2D eigenvalue weighted by Gasteiger charge is 2.48. The molecule has 104 valence electrons. The summed E-state index contributed by atoms with van der Waals surface area (Å²) >= 11 is 0. The summed E-state index contributed by atoms with van der Waals surface area (Å²) in [6.45, 7) is 0. The van der Waals surface area contributed by atoms with E-state index < -0.39 is 0 Å². The molecule has 0 spiro atoms. The molecular formula is C15H22ClN3. The Morgan fingerprint density at radius 1 is 0.947 bits per heavy atom. The highest BCUT2D eigenvalue weighted by molar-refractivity contribution is 5.85. The Balaban J connectivity index is 0.00000110. The minimum atomic E-state index is 0. The quantitative estimate of drug-likeness (QED) is 0.834. The van der Waals surface area contributed by atoms with E-state index in [4.69, 9.17) is 0 Å². The van der Waals surface area contributed by atoms with E-state index >= 15 is 0 Å². The molecule has 0 saturated heterocycles. The summed E-state index contributed by atoms with van der Waals surface area (Å²) in [6, 6.07) is 6.66. The molecule has 19 heavy (non-hydrogen) atoms. The number of anilines is 1. The molecule has 0 aromatic carbocycles. The monoisotopic (exact) mass is 279 g/mol. The van der Waals surface area contributed by atoms with Crippen molar-refractivity contribution < 1.29 is 0 Å². The Labute approximate surface area is 121 Å². The largest absolute Gasteiger partial charge is 0.306 e. The Bertz CT molecular complexity index is 395. The fourth-order valence-electron chi connectivity index (χ4n) is 4.75. The average Bonchev–Trinajstić information content (AvgIpc) is 2.38. The molecule has 0 aliphatic heterocycles. The zero-order valence-corrected chi connectivity index (χ0v) is 11.9. The van der Waals surface area contributed by atoms with Crippen LogP contribution in [-0.2, 0) is 0 Å². The first kappa shape index (κ1) is 13.2. The predicted molar refractivity (Wildman–Crippen MR) is 79.1 cm³/mol. The van der Waals surface area contributed by atoms with Gasteiger partial charge < -0.3 is 5.43 Å². The van der Waals surface area contributed by atoms with Gasteiger partial charge in [0.2, 0.25) is 0 Å². The third-order valence-electron chi connectivity index (χ3n) is 5.26. The minimum absolute atomic E-state index is 0. The summed E-state index contributed by atoms with van der Waals surface area (Å²) in [7, 11) is 0. The molecule has 0 amide bonds. The molecule has 0 radical (unpaired) electrons. The van der Waals surface area contributed by atoms with E-state index in [0.717, 1.165) is 29.5 Å². The van der Waals surface area contributed by atoms with Crippen molar-refractivity contribution in [1.82, 2.24) is 10.4 Å². The third kappa shape index (κ3) is 2.46. The Morgan fingerprint density at radius 2 is 1.63 bits per heavy atom. The van der Waals surface area contributed by atoms with Crippen LogP contribution in [-0.4, -0.2) is 11.0 Å². The zero-order chi connectivity index (χ0) is 11.9. The number of pyridine rings is 1. The molecule has 0 atom stereocenters. The second kappa shape index (κ2) is 5.29. The maximum absolute atomic E-state index is 4.31. The SMILES string of the molecule is Cl.c1ccc(NNC2C3CC4CC(C3)CC2C4)nc1. The number of nitrogens with one attached hydrogen (secondary N) is 2. The molecule has 4 bridgehead atoms. The van der Waals surface area contributed by atoms with Crippen molar-refractivity contribution in [1.29, 1.82) is 0 Å². The van der Waals surface area contributed by atoms with Gasteiger partial charge in [0.1, 0.15) is 5.82 Å². The van der Waals surface area contributed by atoms with Gasteiger partial charge in [-0.2, -0.15) is 0 Å². The predicted octanol–water partition coefficient (Wildman–Crippen LogP) is 3.24. The maximum Gasteiger partial charge on any atom is 0.140 e. The fraction of sp³-hybridized carbons (Fsp3) is 0.667. The van der Waals surface area contributed by atoms with Crippen LogP contribution in [0.15, 0.2) is 24.4 Å². The molecule has 1 aromatic heterocycles. The van der Waals surface area contributed by atoms with Gasteiger partial charge in [0.15, 0.2) is 0 Å². The standard InChI is InChI=1S/C15H21N3.ClH/c1-2-4-16-14(3-1)17-18-15-12-6-10-5-11(8-12)9-13(15)7-10;/h1-4,10-13,15,18H,5-9H2,(H,16,17);1H. The van der Waals surface area contributed by atoms with Gasteiger partial charge in [-0.05, 0) is 67.9 Å². The van der Waals surface area contributed by atoms with Gasteiger partial charge in [0, 0.05) is 12.2 Å². The topological polar surface area (TPSA) is 37.0 Å². The highest BCUT2D eigenvalue weighted by Crippen LogP contribution is 2.53. The Hall–Kier alpha value is -0.800. The van der Waals surface area contributed by atoms with Crippen molar-refractivity contribution >= 4 is 18.2 Å². The van der Waals surface area contributed by atoms with Crippen molar-refractivity contribution in [2.75, 3.05) is 5.43 Å². The van der Waals surface area contributed by atoms with Crippen LogP contribution in [0.5, 0.6) is 0 Å². The van der Waals surface area contributed by atoms with E-state index in [2.05, 4.69) is 15.8 Å². The van der Waals surface area contributed by atoms with E-state index in [-0.39, 0.29) is 12.4 Å². The van der Waals surface area contributed by atoms with Crippen molar-refractivity contribution in [2.24, 2.45) is 23.7 Å². The highest BCUT2D eigenvalue weighted by atomic mass is 35.5. The van der Waals surface area contributed by atoms with Gasteiger partial charge in [-0.3, -0.25) is 0 Å². The zero-order valence-electron chi connectivity index (χ0n) is 11.1. The number of rotatable bonds is 3. The molecule has 4 aliphatic carbocycles. The molecular weight excluding hydrogens is 258 g/mol. The third-order valence-corrected chi connectivity index (χ3v) is 5.26. The molecule has 4 aliphatic rings. The lowest BCUT2D eigenvalue weighted by Crippen LogP contribution is -2.55. The molecule has 4 heteroatoms. The van der Waals surface area contributed by atoms with E-state index in [1.807, 2.05) is 24.4 Å². The fourth-order valence-corrected chi connectivity index (χ4v) is 4.75. The minimum Gasteiger partial charge on any atom is -0.306 e. The maximum atomic E-state index is 4.31. The number of hydrogen-bond donors (Lipinski definition) is 2. The van der Waals surface area contributed by atoms with Crippen LogP contribution in [0, 0.1) is 23.7 Å². The van der Waals surface area contributed by atoms with Crippen LogP contribution in [0.1, 0.15) is 32.1 Å². The van der Waals surface area contributed by atoms with Gasteiger partial charge >= 0.3 is 0 Å². The lowest BCUT2D eigenvalue weighted by Gasteiger charge is -2.54. The summed E-state index contributed by atoms with van der Waals surface area (Å²) in [5.74, 6) is 4.82. The van der Waals surface area contributed by atoms with Gasteiger partial charge in [0.05, 0.1) is 0 Å². The van der Waals surface area contributed by atoms with Crippen molar-refractivity contribution in [3.63, 3.8) is 0 Å². The number of aromatic nitrogens is 1. The summed E-state index contributed by atoms with van der Waals surface area (Å²) < 4.78 is 0. The van der Waals surface area contributed by atoms with Crippen LogP contribution in [0.25, 0.3) is 0 Å². The van der Waals surface area contributed by atoms with Crippen molar-refractivity contribution in [3.8, 4) is 0 Å². The smallest absolute Gasteiger partial charge is 0.140 e. The molecule has 0 unspecified atom stereocenters. The number of nitrogens with zero attached hydrogens (tertiary/aromatic N) is 1. The normalized spacial score (nSPS) is 38.8. The molecule has 3 nitrogen and oxygen atoms in total. The van der Waals surface area contributed by atoms with Gasteiger partial charge in [-0.25, -0.2) is 10.4 Å². The van der Waals surface area contributed by atoms with Gasteiger partial charge in [-0.1, -0.05) is 6.07 Å². The number of halogens is 1. The van der Waals surface area contributed by atoms with Gasteiger partial charge in [0.25, 0.3) is 0 Å². The first-order valence-electron chi connectivity index (χ1n) is 7.31. The molecule has 2 N–H and O–H groups in total. The van der Waals surface area contributed by atoms with Crippen LogP contribution in [0.2, 0.25) is 0 Å². The first-order valence-corrected chi connectivity index (χ1v) is 7.31. The average molecular weight is 280 g/mol. The van der Waals surface area contributed by atoms with Crippen LogP contribution < -0.4 is 10.9 Å². The van der Waals surface area contributed by atoms with E-state index in [0.29, 0.717) is 6.04 Å². The van der Waals surface area contributed by atoms with E-state index in [1.165, 1.54) is 32.1 Å². The summed E-state index contributed by atoms with van der Waals surface area (Å²) in [5.41, 5.74) is 6.88. The Morgan fingerprint density at radius 3 is 2.21 bits per heavy atom. The molecule has 4 saturated carbocycles. The van der Waals surface area contributed by atoms with Crippen LogP contribution in [0.4, 0.5) is 5.82 Å². The second-order valence-corrected chi connectivity index (χ2v) is 6.44. The summed E-state index contributed by atoms with van der Waals surface area (Å²) in [4.78, 5) is 4.31. The van der Waals surface area contributed by atoms with Gasteiger partial charge in [-0.15, -0.1) is 12.4 Å². The first-order chi connectivity index (χ1) is 8.88. The van der Waals surface area contributed by atoms with Crippen molar-refractivity contribution in [3.05, 3.63) is 24.4 Å². The van der Waals surface area contributed by atoms with E-state index in [9.17, 15) is 0 Å². The molecule has 1 aromatic rings. The van der Waals surface area contributed by atoms with E-state index in [1.54, 1.807) is 0 Å².